The van der Waals surface area contributed by atoms with Crippen molar-refractivity contribution in [2.75, 3.05) is 0 Å². The highest BCUT2D eigenvalue weighted by molar-refractivity contribution is 5.96. The maximum Gasteiger partial charge on any atom is 0.269 e. The maximum atomic E-state index is 12.5. The predicted octanol–water partition coefficient (Wildman–Crippen LogP) is 4.08. The summed E-state index contributed by atoms with van der Waals surface area (Å²) >= 11 is 0. The van der Waals surface area contributed by atoms with Crippen LogP contribution >= 0.6 is 0 Å². The fourth-order valence-corrected chi connectivity index (χ4v) is 3.63. The molecule has 0 saturated heterocycles. The van der Waals surface area contributed by atoms with Gasteiger partial charge in [-0.05, 0) is 24.3 Å². The molecule has 1 amide bonds. The Hall–Kier alpha value is -4.86. The number of amides is 1. The zero-order valence-corrected chi connectivity index (χ0v) is 18.0. The van der Waals surface area contributed by atoms with E-state index in [1.807, 2.05) is 30.3 Å². The lowest BCUT2D eigenvalue weighted by Crippen LogP contribution is -2.25. The van der Waals surface area contributed by atoms with Crippen LogP contribution in [-0.4, -0.2) is 36.5 Å². The monoisotopic (exact) mass is 454 g/mol. The Morgan fingerprint density at radius 1 is 1.00 bits per heavy atom. The molecular weight excluding hydrogens is 436 g/mol. The molecule has 0 fully saturated rings. The van der Waals surface area contributed by atoms with Crippen LogP contribution in [0.5, 0.6) is 0 Å². The molecular formula is C24H18N6O4. The molecule has 2 aromatic carbocycles. The van der Waals surface area contributed by atoms with Crippen molar-refractivity contribution in [1.82, 2.24) is 19.8 Å². The van der Waals surface area contributed by atoms with Crippen molar-refractivity contribution in [3.05, 3.63) is 107 Å². The molecule has 10 heteroatoms. The topological polar surface area (TPSA) is 116 Å². The number of carbonyl (C=O) groups excluding carboxylic acids is 1. The molecule has 1 unspecified atom stereocenters. The second-order valence-electron chi connectivity index (χ2n) is 7.49. The number of nitro groups is 1. The molecule has 3 heterocycles. The molecule has 0 spiro atoms. The summed E-state index contributed by atoms with van der Waals surface area (Å²) in [5.74, 6) is 0.000788. The Morgan fingerprint density at radius 3 is 2.35 bits per heavy atom. The number of non-ortho nitro benzene ring substituents is 1. The molecule has 1 aliphatic rings. The molecule has 0 radical (unpaired) electrons. The van der Waals surface area contributed by atoms with Crippen molar-refractivity contribution in [3.63, 3.8) is 0 Å². The third kappa shape index (κ3) is 3.88. The van der Waals surface area contributed by atoms with Gasteiger partial charge in [0.15, 0.2) is 0 Å². The molecule has 4 aromatic rings. The lowest BCUT2D eigenvalue weighted by molar-refractivity contribution is -0.384. The summed E-state index contributed by atoms with van der Waals surface area (Å²) < 4.78 is 7.76. The molecule has 10 nitrogen and oxygen atoms in total. The van der Waals surface area contributed by atoms with Crippen LogP contribution in [-0.2, 0) is 9.53 Å². The van der Waals surface area contributed by atoms with Gasteiger partial charge < -0.3 is 4.74 Å². The lowest BCUT2D eigenvalue weighted by atomic mass is 10.1. The van der Waals surface area contributed by atoms with Crippen LogP contribution in [0.25, 0.3) is 16.9 Å². The highest BCUT2D eigenvalue weighted by Gasteiger charge is 2.36. The van der Waals surface area contributed by atoms with Gasteiger partial charge in [0.1, 0.15) is 5.69 Å². The number of hydrogen-bond donors (Lipinski definition) is 0. The smallest absolute Gasteiger partial charge is 0.269 e. The van der Waals surface area contributed by atoms with Crippen molar-refractivity contribution in [1.29, 1.82) is 0 Å². The third-order valence-electron chi connectivity index (χ3n) is 5.27. The molecule has 0 saturated carbocycles. The van der Waals surface area contributed by atoms with E-state index >= 15 is 0 Å². The van der Waals surface area contributed by atoms with Gasteiger partial charge in [-0.2, -0.15) is 10.1 Å². The van der Waals surface area contributed by atoms with Gasteiger partial charge in [0, 0.05) is 48.8 Å². The van der Waals surface area contributed by atoms with Crippen molar-refractivity contribution in [2.45, 2.75) is 13.2 Å². The molecule has 0 bridgehead atoms. The first-order valence-corrected chi connectivity index (χ1v) is 10.4. The number of nitrogens with zero attached hydrogens (tertiary/aromatic N) is 6. The first-order chi connectivity index (χ1) is 16.5. The standard InChI is InChI=1S/C24H18N6O4/c1-16(31)29-24(34-23(27-29)18-11-13-25-14-12-18)21-15-28(19-7-9-20(10-8-19)30(32)33)26-22(21)17-5-3-2-4-6-17/h2-15,24H,1H3. The fraction of sp³-hybridized carbons (Fsp3) is 0.0833. The zero-order chi connectivity index (χ0) is 23.7. The van der Waals surface area contributed by atoms with E-state index in [9.17, 15) is 14.9 Å². The minimum Gasteiger partial charge on any atom is -0.446 e. The van der Waals surface area contributed by atoms with Crippen molar-refractivity contribution in [2.24, 2.45) is 5.10 Å². The minimum absolute atomic E-state index is 0.0170. The van der Waals surface area contributed by atoms with E-state index in [0.717, 1.165) is 5.56 Å². The number of pyridine rings is 1. The SMILES string of the molecule is CC(=O)N1N=C(c2ccncc2)OC1c1cn(-c2ccc([N+](=O)[O-])cc2)nc1-c1ccccc1. The highest BCUT2D eigenvalue weighted by Crippen LogP contribution is 2.36. The Balaban J connectivity index is 1.60. The van der Waals surface area contributed by atoms with Crippen LogP contribution in [0.3, 0.4) is 0 Å². The Kier molecular flexibility index (Phi) is 5.30. The summed E-state index contributed by atoms with van der Waals surface area (Å²) in [5.41, 5.74) is 3.33. The summed E-state index contributed by atoms with van der Waals surface area (Å²) in [6.45, 7) is 1.41. The number of rotatable bonds is 5. The van der Waals surface area contributed by atoms with E-state index in [0.29, 0.717) is 28.4 Å². The molecule has 5 rings (SSSR count). The summed E-state index contributed by atoms with van der Waals surface area (Å²) in [7, 11) is 0. The van der Waals surface area contributed by atoms with E-state index in [-0.39, 0.29) is 11.6 Å². The molecule has 0 aliphatic carbocycles. The first-order valence-electron chi connectivity index (χ1n) is 10.4. The number of hydrogen-bond acceptors (Lipinski definition) is 7. The van der Waals surface area contributed by atoms with Crippen LogP contribution in [0.4, 0.5) is 5.69 Å². The van der Waals surface area contributed by atoms with Gasteiger partial charge >= 0.3 is 0 Å². The molecule has 168 valence electrons. The Bertz CT molecular complexity index is 1380. The molecule has 1 atom stereocenters. The van der Waals surface area contributed by atoms with Gasteiger partial charge in [0.05, 0.1) is 16.2 Å². The highest BCUT2D eigenvalue weighted by atomic mass is 16.6. The number of ether oxygens (including phenoxy) is 1. The largest absolute Gasteiger partial charge is 0.446 e. The van der Waals surface area contributed by atoms with E-state index in [4.69, 9.17) is 9.84 Å². The molecule has 34 heavy (non-hydrogen) atoms. The average molecular weight is 454 g/mol. The number of nitro benzene ring substituents is 1. The summed E-state index contributed by atoms with van der Waals surface area (Å²) in [6.07, 6.45) is 4.14. The number of carbonyl (C=O) groups is 1. The van der Waals surface area contributed by atoms with Crippen LogP contribution in [0.2, 0.25) is 0 Å². The van der Waals surface area contributed by atoms with E-state index < -0.39 is 11.2 Å². The predicted molar refractivity (Wildman–Crippen MR) is 123 cm³/mol. The van der Waals surface area contributed by atoms with Gasteiger partial charge in [-0.1, -0.05) is 30.3 Å². The van der Waals surface area contributed by atoms with Gasteiger partial charge in [-0.3, -0.25) is 19.9 Å². The maximum absolute atomic E-state index is 12.5. The van der Waals surface area contributed by atoms with E-state index in [2.05, 4.69) is 10.1 Å². The zero-order valence-electron chi connectivity index (χ0n) is 18.0. The van der Waals surface area contributed by atoms with Crippen LogP contribution < -0.4 is 0 Å². The molecule has 2 aromatic heterocycles. The number of aromatic nitrogens is 3. The summed E-state index contributed by atoms with van der Waals surface area (Å²) in [6, 6.07) is 19.0. The quantitative estimate of drug-likeness (QED) is 0.331. The average Bonchev–Trinajstić information content (AvgIpc) is 3.50. The number of benzene rings is 2. The van der Waals surface area contributed by atoms with Crippen molar-refractivity contribution >= 4 is 17.5 Å². The first kappa shape index (κ1) is 21.0. The lowest BCUT2D eigenvalue weighted by Gasteiger charge is -2.19. The van der Waals surface area contributed by atoms with E-state index in [1.54, 1.807) is 47.5 Å². The summed E-state index contributed by atoms with van der Waals surface area (Å²) in [5, 5.41) is 21.4. The second kappa shape index (κ2) is 8.58. The Labute approximate surface area is 193 Å². The van der Waals surface area contributed by atoms with Crippen molar-refractivity contribution in [3.8, 4) is 16.9 Å². The molecule has 1 aliphatic heterocycles. The van der Waals surface area contributed by atoms with Crippen LogP contribution in [0, 0.1) is 10.1 Å². The van der Waals surface area contributed by atoms with Gasteiger partial charge in [-0.15, -0.1) is 5.10 Å². The van der Waals surface area contributed by atoms with Crippen LogP contribution in [0.1, 0.15) is 24.3 Å². The molecule has 0 N–H and O–H groups in total. The van der Waals surface area contributed by atoms with E-state index in [1.165, 1.54) is 24.1 Å². The number of hydrazone groups is 1. The van der Waals surface area contributed by atoms with Gasteiger partial charge in [0.25, 0.3) is 5.69 Å². The van der Waals surface area contributed by atoms with Gasteiger partial charge in [0.2, 0.25) is 18.0 Å². The second-order valence-corrected chi connectivity index (χ2v) is 7.49. The van der Waals surface area contributed by atoms with Crippen molar-refractivity contribution < 1.29 is 14.5 Å². The summed E-state index contributed by atoms with van der Waals surface area (Å²) in [4.78, 5) is 27.0. The third-order valence-corrected chi connectivity index (χ3v) is 5.27. The Morgan fingerprint density at radius 2 is 1.71 bits per heavy atom. The fourth-order valence-electron chi connectivity index (χ4n) is 3.63. The van der Waals surface area contributed by atoms with Gasteiger partial charge in [-0.25, -0.2) is 4.68 Å². The van der Waals surface area contributed by atoms with Crippen LogP contribution in [0.15, 0.2) is 90.4 Å². The minimum atomic E-state index is -0.845. The normalized spacial score (nSPS) is 15.0.